The predicted octanol–water partition coefficient (Wildman–Crippen LogP) is 5.50. The van der Waals surface area contributed by atoms with Crippen LogP contribution in [-0.4, -0.2) is 9.55 Å². The number of aromatic nitrogens is 2. The molecule has 6 heteroatoms. The fraction of sp³-hybridized carbons (Fsp3) is 0. The Morgan fingerprint density at radius 1 is 0.846 bits per heavy atom. The van der Waals surface area contributed by atoms with Gasteiger partial charge < -0.3 is 0 Å². The van der Waals surface area contributed by atoms with E-state index in [1.165, 1.54) is 22.8 Å². The Hall–Kier alpha value is -2.69. The Labute approximate surface area is 158 Å². The highest BCUT2D eigenvalue weighted by Gasteiger charge is 2.15. The lowest BCUT2D eigenvalue weighted by Gasteiger charge is -2.14. The van der Waals surface area contributed by atoms with E-state index in [9.17, 15) is 9.18 Å². The molecule has 0 radical (unpaired) electrons. The van der Waals surface area contributed by atoms with E-state index in [1.54, 1.807) is 48.5 Å². The van der Waals surface area contributed by atoms with Crippen molar-refractivity contribution >= 4 is 34.1 Å². The van der Waals surface area contributed by atoms with Gasteiger partial charge in [-0.25, -0.2) is 9.37 Å². The molecule has 4 aromatic rings. The van der Waals surface area contributed by atoms with Gasteiger partial charge >= 0.3 is 0 Å². The zero-order chi connectivity index (χ0) is 18.3. The fourth-order valence-electron chi connectivity index (χ4n) is 2.78. The molecule has 1 aromatic heterocycles. The zero-order valence-electron chi connectivity index (χ0n) is 13.3. The second-order valence-corrected chi connectivity index (χ2v) is 6.59. The zero-order valence-corrected chi connectivity index (χ0v) is 14.8. The molecule has 0 bridgehead atoms. The molecule has 0 aliphatic carbocycles. The van der Waals surface area contributed by atoms with Gasteiger partial charge in [-0.05, 0) is 66.7 Å². The minimum Gasteiger partial charge on any atom is -0.268 e. The molecule has 0 atom stereocenters. The molecule has 0 amide bonds. The van der Waals surface area contributed by atoms with Gasteiger partial charge in [0.1, 0.15) is 11.6 Å². The molecule has 0 spiro atoms. The van der Waals surface area contributed by atoms with Gasteiger partial charge in [-0.1, -0.05) is 23.2 Å². The first-order chi connectivity index (χ1) is 12.5. The second kappa shape index (κ2) is 6.56. The molecule has 0 unspecified atom stereocenters. The Kier molecular flexibility index (Phi) is 4.23. The molecule has 26 heavy (non-hydrogen) atoms. The molecular weight excluding hydrogens is 374 g/mol. The molecular formula is C20H11Cl2FN2O. The minimum absolute atomic E-state index is 0.206. The molecule has 0 saturated carbocycles. The summed E-state index contributed by atoms with van der Waals surface area (Å²) < 4.78 is 15.1. The SMILES string of the molecule is O=c1c2cc(F)ccc2nc(-c2ccc(Cl)cc2)n1-c1ccc(Cl)cc1. The molecule has 128 valence electrons. The molecule has 3 nitrogen and oxygen atoms in total. The number of fused-ring (bicyclic) bond motifs is 1. The van der Waals surface area contributed by atoms with Crippen molar-refractivity contribution in [1.29, 1.82) is 0 Å². The maximum atomic E-state index is 13.7. The first-order valence-corrected chi connectivity index (χ1v) is 8.53. The van der Waals surface area contributed by atoms with E-state index in [0.29, 0.717) is 32.6 Å². The van der Waals surface area contributed by atoms with Gasteiger partial charge in [0.15, 0.2) is 0 Å². The molecule has 0 aliphatic heterocycles. The number of nitrogens with zero attached hydrogens (tertiary/aromatic N) is 2. The largest absolute Gasteiger partial charge is 0.268 e. The molecule has 4 rings (SSSR count). The number of benzene rings is 3. The van der Waals surface area contributed by atoms with E-state index in [1.807, 2.05) is 0 Å². The van der Waals surface area contributed by atoms with Gasteiger partial charge in [0, 0.05) is 15.6 Å². The van der Waals surface area contributed by atoms with Crippen LogP contribution in [0.4, 0.5) is 4.39 Å². The summed E-state index contributed by atoms with van der Waals surface area (Å²) in [4.78, 5) is 17.7. The Morgan fingerprint density at radius 2 is 1.46 bits per heavy atom. The van der Waals surface area contributed by atoms with Gasteiger partial charge in [-0.3, -0.25) is 9.36 Å². The average Bonchev–Trinajstić information content (AvgIpc) is 2.64. The van der Waals surface area contributed by atoms with Crippen LogP contribution in [0.3, 0.4) is 0 Å². The summed E-state index contributed by atoms with van der Waals surface area (Å²) in [5, 5.41) is 1.34. The van der Waals surface area contributed by atoms with E-state index in [0.717, 1.165) is 0 Å². The first-order valence-electron chi connectivity index (χ1n) is 7.77. The van der Waals surface area contributed by atoms with Crippen molar-refractivity contribution < 1.29 is 4.39 Å². The summed E-state index contributed by atoms with van der Waals surface area (Å²) in [6, 6.07) is 17.8. The van der Waals surface area contributed by atoms with E-state index < -0.39 is 5.82 Å². The third-order valence-electron chi connectivity index (χ3n) is 4.02. The third-order valence-corrected chi connectivity index (χ3v) is 4.52. The lowest BCUT2D eigenvalue weighted by Crippen LogP contribution is -2.22. The number of hydrogen-bond donors (Lipinski definition) is 0. The van der Waals surface area contributed by atoms with Crippen LogP contribution in [-0.2, 0) is 0 Å². The predicted molar refractivity (Wildman–Crippen MR) is 103 cm³/mol. The van der Waals surface area contributed by atoms with Crippen molar-refractivity contribution in [2.24, 2.45) is 0 Å². The van der Waals surface area contributed by atoms with Gasteiger partial charge in [0.25, 0.3) is 5.56 Å². The van der Waals surface area contributed by atoms with Crippen LogP contribution in [0.1, 0.15) is 0 Å². The van der Waals surface area contributed by atoms with Crippen LogP contribution >= 0.6 is 23.2 Å². The maximum absolute atomic E-state index is 13.7. The summed E-state index contributed by atoms with van der Waals surface area (Å²) >= 11 is 11.9. The minimum atomic E-state index is -0.488. The van der Waals surface area contributed by atoms with Gasteiger partial charge in [0.05, 0.1) is 16.6 Å². The van der Waals surface area contributed by atoms with Crippen LogP contribution in [0.2, 0.25) is 10.0 Å². The molecule has 0 N–H and O–H groups in total. The summed E-state index contributed by atoms with van der Waals surface area (Å²) in [5.41, 5.74) is 1.36. The van der Waals surface area contributed by atoms with Crippen molar-refractivity contribution in [2.75, 3.05) is 0 Å². The van der Waals surface area contributed by atoms with Crippen LogP contribution in [0.5, 0.6) is 0 Å². The molecule has 0 fully saturated rings. The molecule has 1 heterocycles. The highest BCUT2D eigenvalue weighted by Crippen LogP contribution is 2.24. The highest BCUT2D eigenvalue weighted by molar-refractivity contribution is 6.30. The standard InChI is InChI=1S/C20H11Cl2FN2O/c21-13-3-1-12(2-4-13)19-24-18-10-7-15(23)11-17(18)20(26)25(19)16-8-5-14(22)6-9-16/h1-11H. The van der Waals surface area contributed by atoms with E-state index in [4.69, 9.17) is 23.2 Å². The maximum Gasteiger partial charge on any atom is 0.266 e. The molecule has 0 aliphatic rings. The second-order valence-electron chi connectivity index (χ2n) is 5.72. The van der Waals surface area contributed by atoms with E-state index >= 15 is 0 Å². The van der Waals surface area contributed by atoms with Crippen LogP contribution < -0.4 is 5.56 Å². The van der Waals surface area contributed by atoms with Gasteiger partial charge in [-0.2, -0.15) is 0 Å². The van der Waals surface area contributed by atoms with E-state index in [-0.39, 0.29) is 10.9 Å². The molecule has 3 aromatic carbocycles. The summed E-state index contributed by atoms with van der Waals surface area (Å²) in [5.74, 6) is -0.0496. The average molecular weight is 385 g/mol. The quantitative estimate of drug-likeness (QED) is 0.457. The third kappa shape index (κ3) is 2.98. The van der Waals surface area contributed by atoms with Crippen LogP contribution in [0, 0.1) is 5.82 Å². The van der Waals surface area contributed by atoms with Crippen molar-refractivity contribution in [3.63, 3.8) is 0 Å². The van der Waals surface area contributed by atoms with Crippen LogP contribution in [0.15, 0.2) is 71.5 Å². The monoisotopic (exact) mass is 384 g/mol. The van der Waals surface area contributed by atoms with Gasteiger partial charge in [-0.15, -0.1) is 0 Å². The Bertz CT molecular complexity index is 1170. The van der Waals surface area contributed by atoms with Crippen molar-refractivity contribution in [2.45, 2.75) is 0 Å². The van der Waals surface area contributed by atoms with Gasteiger partial charge in [0.2, 0.25) is 0 Å². The van der Waals surface area contributed by atoms with Crippen molar-refractivity contribution in [1.82, 2.24) is 9.55 Å². The number of hydrogen-bond acceptors (Lipinski definition) is 2. The Balaban J connectivity index is 2.09. The topological polar surface area (TPSA) is 34.9 Å². The summed E-state index contributed by atoms with van der Waals surface area (Å²) in [6.07, 6.45) is 0. The van der Waals surface area contributed by atoms with Crippen molar-refractivity contribution in [3.8, 4) is 17.1 Å². The van der Waals surface area contributed by atoms with Crippen molar-refractivity contribution in [3.05, 3.63) is 92.9 Å². The number of rotatable bonds is 2. The summed E-state index contributed by atoms with van der Waals surface area (Å²) in [7, 11) is 0. The fourth-order valence-corrected chi connectivity index (χ4v) is 3.03. The van der Waals surface area contributed by atoms with Crippen LogP contribution in [0.25, 0.3) is 28.0 Å². The lowest BCUT2D eigenvalue weighted by atomic mass is 10.1. The lowest BCUT2D eigenvalue weighted by molar-refractivity contribution is 0.629. The summed E-state index contributed by atoms with van der Waals surface area (Å²) in [6.45, 7) is 0. The number of halogens is 3. The Morgan fingerprint density at radius 3 is 2.12 bits per heavy atom. The smallest absolute Gasteiger partial charge is 0.266 e. The highest BCUT2D eigenvalue weighted by atomic mass is 35.5. The molecule has 0 saturated heterocycles. The van der Waals surface area contributed by atoms with E-state index in [2.05, 4.69) is 4.98 Å². The normalized spacial score (nSPS) is 11.0. The first kappa shape index (κ1) is 16.8.